The maximum absolute atomic E-state index is 12.6. The largest absolute Gasteiger partial charge is 0.454 e. The third kappa shape index (κ3) is 3.87. The summed E-state index contributed by atoms with van der Waals surface area (Å²) in [6.45, 7) is 6.77. The van der Waals surface area contributed by atoms with Crippen LogP contribution in [0.2, 0.25) is 0 Å². The van der Waals surface area contributed by atoms with E-state index in [4.69, 9.17) is 14.2 Å². The zero-order valence-electron chi connectivity index (χ0n) is 16.4. The number of carbonyl (C=O) groups is 1. The summed E-state index contributed by atoms with van der Waals surface area (Å²) in [6.07, 6.45) is 1.61. The van der Waals surface area contributed by atoms with Gasteiger partial charge in [0.15, 0.2) is 11.5 Å². The Hall–Kier alpha value is -3.24. The fraction of sp³-hybridized carbons (Fsp3) is 0.333. The lowest BCUT2D eigenvalue weighted by molar-refractivity contribution is -0.112. The van der Waals surface area contributed by atoms with Crippen molar-refractivity contribution in [1.29, 1.82) is 5.26 Å². The highest BCUT2D eigenvalue weighted by atomic mass is 16.7. The summed E-state index contributed by atoms with van der Waals surface area (Å²) in [4.78, 5) is 12.6. The quantitative estimate of drug-likeness (QED) is 0.610. The van der Waals surface area contributed by atoms with E-state index in [0.29, 0.717) is 23.8 Å². The standard InChI is InChI=1S/C21H23N3O4/c1-13-7-16(15(3)24(13)14(2)11-26-4)8-17(10-22)21(25)23-18-5-6-19-20(9-18)28-12-27-19/h5-9,14H,11-12H2,1-4H3,(H,23,25)/b17-8+. The molecule has 1 atom stereocenters. The Labute approximate surface area is 164 Å². The number of rotatable bonds is 6. The van der Waals surface area contributed by atoms with Crippen LogP contribution in [-0.4, -0.2) is 31.0 Å². The molecule has 1 aromatic heterocycles. The average molecular weight is 381 g/mol. The Balaban J connectivity index is 1.83. The molecule has 1 aromatic carbocycles. The Bertz CT molecular complexity index is 969. The van der Waals surface area contributed by atoms with Crippen LogP contribution in [0.1, 0.15) is 29.9 Å². The van der Waals surface area contributed by atoms with Crippen molar-refractivity contribution in [2.24, 2.45) is 0 Å². The lowest BCUT2D eigenvalue weighted by Crippen LogP contribution is -2.14. The number of carbonyl (C=O) groups excluding carboxylic acids is 1. The van der Waals surface area contributed by atoms with Crippen molar-refractivity contribution in [3.05, 3.63) is 46.8 Å². The Morgan fingerprint density at radius 3 is 2.82 bits per heavy atom. The number of hydrogen-bond acceptors (Lipinski definition) is 5. The third-order valence-corrected chi connectivity index (χ3v) is 4.67. The zero-order chi connectivity index (χ0) is 20.3. The summed E-state index contributed by atoms with van der Waals surface area (Å²) in [7, 11) is 1.67. The number of benzene rings is 1. The minimum absolute atomic E-state index is 0.0253. The van der Waals surface area contributed by atoms with Crippen LogP contribution in [0.5, 0.6) is 11.5 Å². The van der Waals surface area contributed by atoms with Gasteiger partial charge in [-0.15, -0.1) is 0 Å². The molecule has 0 bridgehead atoms. The van der Waals surface area contributed by atoms with E-state index in [1.54, 1.807) is 31.4 Å². The molecule has 1 unspecified atom stereocenters. The number of aromatic nitrogens is 1. The zero-order valence-corrected chi connectivity index (χ0v) is 16.4. The molecule has 0 spiro atoms. The van der Waals surface area contributed by atoms with Crippen molar-refractivity contribution in [2.75, 3.05) is 25.8 Å². The van der Waals surface area contributed by atoms with E-state index in [0.717, 1.165) is 17.0 Å². The summed E-state index contributed by atoms with van der Waals surface area (Å²) in [5.41, 5.74) is 3.41. The number of methoxy groups -OCH3 is 1. The van der Waals surface area contributed by atoms with E-state index in [-0.39, 0.29) is 18.4 Å². The van der Waals surface area contributed by atoms with E-state index >= 15 is 0 Å². The van der Waals surface area contributed by atoms with Crippen molar-refractivity contribution in [2.45, 2.75) is 26.8 Å². The fourth-order valence-electron chi connectivity index (χ4n) is 3.42. The smallest absolute Gasteiger partial charge is 0.266 e. The minimum Gasteiger partial charge on any atom is -0.454 e. The second-order valence-corrected chi connectivity index (χ2v) is 6.69. The molecule has 2 aromatic rings. The molecule has 7 nitrogen and oxygen atoms in total. The number of nitrogens with zero attached hydrogens (tertiary/aromatic N) is 2. The van der Waals surface area contributed by atoms with E-state index in [2.05, 4.69) is 16.8 Å². The molecule has 2 heterocycles. The molecule has 7 heteroatoms. The lowest BCUT2D eigenvalue weighted by Gasteiger charge is -2.17. The number of anilines is 1. The molecule has 0 fully saturated rings. The third-order valence-electron chi connectivity index (χ3n) is 4.67. The minimum atomic E-state index is -0.476. The molecule has 28 heavy (non-hydrogen) atoms. The number of amides is 1. The molecular weight excluding hydrogens is 358 g/mol. The van der Waals surface area contributed by atoms with Gasteiger partial charge in [0, 0.05) is 30.3 Å². The topological polar surface area (TPSA) is 85.5 Å². The van der Waals surface area contributed by atoms with Gasteiger partial charge in [0.2, 0.25) is 6.79 Å². The first-order chi connectivity index (χ1) is 13.4. The molecule has 1 N–H and O–H groups in total. The van der Waals surface area contributed by atoms with Crippen LogP contribution in [0, 0.1) is 25.2 Å². The number of nitrogens with one attached hydrogen (secondary N) is 1. The van der Waals surface area contributed by atoms with E-state index in [9.17, 15) is 10.1 Å². The van der Waals surface area contributed by atoms with Crippen molar-refractivity contribution < 1.29 is 19.0 Å². The molecule has 146 valence electrons. The molecule has 0 aliphatic carbocycles. The van der Waals surface area contributed by atoms with Crippen molar-refractivity contribution in [1.82, 2.24) is 4.57 Å². The fourth-order valence-corrected chi connectivity index (χ4v) is 3.42. The molecule has 1 aliphatic rings. The highest BCUT2D eigenvalue weighted by Gasteiger charge is 2.18. The van der Waals surface area contributed by atoms with Gasteiger partial charge in [-0.2, -0.15) is 5.26 Å². The number of aryl methyl sites for hydroxylation is 1. The predicted octanol–water partition coefficient (Wildman–Crippen LogP) is 3.59. The molecular formula is C21H23N3O4. The van der Waals surface area contributed by atoms with Crippen molar-refractivity contribution in [3.63, 3.8) is 0 Å². The van der Waals surface area contributed by atoms with Gasteiger partial charge in [0.05, 0.1) is 12.6 Å². The van der Waals surface area contributed by atoms with Gasteiger partial charge in [-0.05, 0) is 50.6 Å². The number of hydrogen-bond donors (Lipinski definition) is 1. The van der Waals surface area contributed by atoms with E-state index in [1.165, 1.54) is 0 Å². The summed E-state index contributed by atoms with van der Waals surface area (Å²) in [5, 5.41) is 12.2. The maximum Gasteiger partial charge on any atom is 0.266 e. The Kier molecular flexibility index (Phi) is 5.71. The van der Waals surface area contributed by atoms with E-state index < -0.39 is 5.91 Å². The molecule has 3 rings (SSSR count). The summed E-state index contributed by atoms with van der Waals surface area (Å²) < 4.78 is 18.0. The number of nitriles is 1. The van der Waals surface area contributed by atoms with Gasteiger partial charge in [-0.1, -0.05) is 0 Å². The van der Waals surface area contributed by atoms with Gasteiger partial charge in [0.25, 0.3) is 5.91 Å². The van der Waals surface area contributed by atoms with Gasteiger partial charge in [0.1, 0.15) is 11.6 Å². The molecule has 0 saturated heterocycles. The van der Waals surface area contributed by atoms with Crippen LogP contribution in [0.3, 0.4) is 0 Å². The summed E-state index contributed by atoms with van der Waals surface area (Å²) in [6, 6.07) is 9.21. The normalized spacial score (nSPS) is 13.9. The maximum atomic E-state index is 12.6. The second kappa shape index (κ2) is 8.19. The molecule has 0 radical (unpaired) electrons. The second-order valence-electron chi connectivity index (χ2n) is 6.69. The molecule has 1 aliphatic heterocycles. The summed E-state index contributed by atoms with van der Waals surface area (Å²) >= 11 is 0. The van der Waals surface area contributed by atoms with Gasteiger partial charge in [-0.25, -0.2) is 0 Å². The Morgan fingerprint density at radius 1 is 1.36 bits per heavy atom. The van der Waals surface area contributed by atoms with E-state index in [1.807, 2.05) is 26.0 Å². The van der Waals surface area contributed by atoms with Crippen LogP contribution < -0.4 is 14.8 Å². The molecule has 1 amide bonds. The summed E-state index contributed by atoms with van der Waals surface area (Å²) in [5.74, 6) is 0.721. The lowest BCUT2D eigenvalue weighted by atomic mass is 10.1. The van der Waals surface area contributed by atoms with Crippen LogP contribution in [-0.2, 0) is 9.53 Å². The number of fused-ring (bicyclic) bond motifs is 1. The van der Waals surface area contributed by atoms with Crippen LogP contribution in [0.25, 0.3) is 6.08 Å². The first-order valence-corrected chi connectivity index (χ1v) is 8.94. The SMILES string of the molecule is COCC(C)n1c(C)cc(/C=C(\C#N)C(=O)Nc2ccc3c(c2)OCO3)c1C. The first kappa shape index (κ1) is 19.5. The van der Waals surface area contributed by atoms with Gasteiger partial charge < -0.3 is 24.1 Å². The monoisotopic (exact) mass is 381 g/mol. The van der Waals surface area contributed by atoms with Crippen LogP contribution >= 0.6 is 0 Å². The van der Waals surface area contributed by atoms with Crippen molar-refractivity contribution in [3.8, 4) is 17.6 Å². The Morgan fingerprint density at radius 2 is 2.11 bits per heavy atom. The highest BCUT2D eigenvalue weighted by Crippen LogP contribution is 2.34. The number of ether oxygens (including phenoxy) is 3. The molecule has 0 saturated carbocycles. The predicted molar refractivity (Wildman–Crippen MR) is 105 cm³/mol. The highest BCUT2D eigenvalue weighted by molar-refractivity contribution is 6.09. The van der Waals surface area contributed by atoms with Gasteiger partial charge in [-0.3, -0.25) is 4.79 Å². The first-order valence-electron chi connectivity index (χ1n) is 8.94. The van der Waals surface area contributed by atoms with Crippen molar-refractivity contribution >= 4 is 17.7 Å². The average Bonchev–Trinajstić information content (AvgIpc) is 3.23. The van der Waals surface area contributed by atoms with Crippen LogP contribution in [0.4, 0.5) is 5.69 Å². The van der Waals surface area contributed by atoms with Crippen LogP contribution in [0.15, 0.2) is 29.8 Å². The van der Waals surface area contributed by atoms with Gasteiger partial charge >= 0.3 is 0 Å².